The van der Waals surface area contributed by atoms with Gasteiger partial charge < -0.3 is 9.47 Å². The van der Waals surface area contributed by atoms with Gasteiger partial charge in [0, 0.05) is 11.7 Å². The molecule has 2 aromatic rings. The van der Waals surface area contributed by atoms with E-state index in [0.29, 0.717) is 22.8 Å². The maximum atomic E-state index is 11.5. The third-order valence-electron chi connectivity index (χ3n) is 2.15. The first kappa shape index (κ1) is 10.7. The fourth-order valence-corrected chi connectivity index (χ4v) is 1.87. The van der Waals surface area contributed by atoms with Crippen LogP contribution in [0.15, 0.2) is 23.0 Å². The lowest BCUT2D eigenvalue weighted by molar-refractivity contribution is 0.404. The van der Waals surface area contributed by atoms with Gasteiger partial charge in [0.25, 0.3) is 5.56 Å². The van der Waals surface area contributed by atoms with Crippen molar-refractivity contribution in [2.24, 2.45) is 0 Å². The number of hydrogen-bond donors (Lipinski definition) is 1. The standard InChI is InChI=1S/C10H10N2O3S/c1-14-6-3-4-8(15-2)7(5-6)9-10(13)12-16-11-9/h3-5H,1-2H3,(H,12,13). The minimum Gasteiger partial charge on any atom is -0.497 e. The summed E-state index contributed by atoms with van der Waals surface area (Å²) in [6, 6.07) is 5.24. The third kappa shape index (κ3) is 1.79. The molecule has 0 unspecified atom stereocenters. The topological polar surface area (TPSA) is 64.2 Å². The summed E-state index contributed by atoms with van der Waals surface area (Å²) < 4.78 is 16.8. The number of hydrogen-bond acceptors (Lipinski definition) is 5. The first-order valence-corrected chi connectivity index (χ1v) is 5.30. The summed E-state index contributed by atoms with van der Waals surface area (Å²) in [5.41, 5.74) is 0.752. The van der Waals surface area contributed by atoms with E-state index in [1.165, 1.54) is 0 Å². The molecule has 1 aromatic carbocycles. The molecule has 0 radical (unpaired) electrons. The van der Waals surface area contributed by atoms with Crippen molar-refractivity contribution in [2.45, 2.75) is 0 Å². The quantitative estimate of drug-likeness (QED) is 0.880. The normalized spacial score (nSPS) is 10.1. The second-order valence-electron chi connectivity index (χ2n) is 3.03. The molecule has 1 N–H and O–H groups in total. The Morgan fingerprint density at radius 1 is 1.31 bits per heavy atom. The zero-order chi connectivity index (χ0) is 11.5. The Labute approximate surface area is 96.0 Å². The van der Waals surface area contributed by atoms with Crippen LogP contribution in [0.3, 0.4) is 0 Å². The van der Waals surface area contributed by atoms with E-state index in [4.69, 9.17) is 9.47 Å². The van der Waals surface area contributed by atoms with Crippen molar-refractivity contribution in [1.29, 1.82) is 0 Å². The highest BCUT2D eigenvalue weighted by atomic mass is 32.1. The van der Waals surface area contributed by atoms with E-state index < -0.39 is 0 Å². The molecule has 0 atom stereocenters. The van der Waals surface area contributed by atoms with Crippen molar-refractivity contribution in [2.75, 3.05) is 14.2 Å². The van der Waals surface area contributed by atoms with Gasteiger partial charge in [-0.25, -0.2) is 0 Å². The molecule has 1 aromatic heterocycles. The van der Waals surface area contributed by atoms with E-state index in [0.717, 1.165) is 11.7 Å². The monoisotopic (exact) mass is 238 g/mol. The van der Waals surface area contributed by atoms with Crippen molar-refractivity contribution in [3.05, 3.63) is 28.6 Å². The van der Waals surface area contributed by atoms with Crippen molar-refractivity contribution in [1.82, 2.24) is 8.75 Å². The zero-order valence-corrected chi connectivity index (χ0v) is 9.63. The van der Waals surface area contributed by atoms with E-state index in [9.17, 15) is 4.79 Å². The lowest BCUT2D eigenvalue weighted by Crippen LogP contribution is -2.03. The number of nitrogens with one attached hydrogen (secondary N) is 1. The van der Waals surface area contributed by atoms with Crippen molar-refractivity contribution < 1.29 is 9.47 Å². The molecule has 1 heterocycles. The van der Waals surface area contributed by atoms with Crippen LogP contribution in [0.1, 0.15) is 0 Å². The summed E-state index contributed by atoms with van der Waals surface area (Å²) in [5, 5.41) is 0. The number of H-pyrrole nitrogens is 1. The third-order valence-corrected chi connectivity index (χ3v) is 2.70. The molecule has 0 aliphatic heterocycles. The van der Waals surface area contributed by atoms with E-state index in [1.807, 2.05) is 0 Å². The van der Waals surface area contributed by atoms with Crippen LogP contribution in [0, 0.1) is 0 Å². The summed E-state index contributed by atoms with van der Waals surface area (Å²) in [4.78, 5) is 11.5. The zero-order valence-electron chi connectivity index (χ0n) is 8.81. The van der Waals surface area contributed by atoms with Gasteiger partial charge in [-0.15, -0.1) is 0 Å². The van der Waals surface area contributed by atoms with Gasteiger partial charge in [0.15, 0.2) is 5.69 Å². The highest BCUT2D eigenvalue weighted by Crippen LogP contribution is 2.30. The summed E-state index contributed by atoms with van der Waals surface area (Å²) in [7, 11) is 3.11. The molecule has 16 heavy (non-hydrogen) atoms. The Balaban J connectivity index is 2.62. The van der Waals surface area contributed by atoms with Crippen molar-refractivity contribution in [3.63, 3.8) is 0 Å². The van der Waals surface area contributed by atoms with Crippen LogP contribution in [0.5, 0.6) is 11.5 Å². The number of rotatable bonds is 3. The maximum Gasteiger partial charge on any atom is 0.286 e. The SMILES string of the molecule is COc1ccc(OC)c(-c2ns[nH]c2=O)c1. The Morgan fingerprint density at radius 2 is 2.12 bits per heavy atom. The van der Waals surface area contributed by atoms with E-state index in [2.05, 4.69) is 8.75 Å². The Hall–Kier alpha value is -1.82. The molecule has 0 bridgehead atoms. The number of methoxy groups -OCH3 is 2. The van der Waals surface area contributed by atoms with Gasteiger partial charge >= 0.3 is 0 Å². The van der Waals surface area contributed by atoms with Crippen molar-refractivity contribution >= 4 is 11.7 Å². The van der Waals surface area contributed by atoms with Gasteiger partial charge in [0.05, 0.1) is 19.8 Å². The van der Waals surface area contributed by atoms with Crippen LogP contribution in [-0.4, -0.2) is 23.0 Å². The summed E-state index contributed by atoms with van der Waals surface area (Å²) in [5.74, 6) is 1.25. The molecule has 0 saturated heterocycles. The van der Waals surface area contributed by atoms with E-state index >= 15 is 0 Å². The molecule has 0 fully saturated rings. The lowest BCUT2D eigenvalue weighted by Gasteiger charge is -2.07. The Kier molecular flexibility index (Phi) is 2.91. The van der Waals surface area contributed by atoms with E-state index in [-0.39, 0.29) is 5.56 Å². The molecule has 0 aliphatic rings. The second kappa shape index (κ2) is 4.36. The number of ether oxygens (including phenoxy) is 2. The predicted octanol–water partition coefficient (Wildman–Crippen LogP) is 1.52. The van der Waals surface area contributed by atoms with Crippen LogP contribution < -0.4 is 15.0 Å². The minimum absolute atomic E-state index is 0.225. The number of nitrogens with zero attached hydrogens (tertiary/aromatic N) is 1. The fourth-order valence-electron chi connectivity index (χ4n) is 1.37. The molecule has 0 saturated carbocycles. The van der Waals surface area contributed by atoms with Gasteiger partial charge in [-0.3, -0.25) is 9.17 Å². The molecule has 2 rings (SSSR count). The predicted molar refractivity (Wildman–Crippen MR) is 61.3 cm³/mol. The Morgan fingerprint density at radius 3 is 2.69 bits per heavy atom. The van der Waals surface area contributed by atoms with E-state index in [1.54, 1.807) is 32.4 Å². The summed E-state index contributed by atoms with van der Waals surface area (Å²) in [6.45, 7) is 0. The van der Waals surface area contributed by atoms with Crippen LogP contribution >= 0.6 is 11.7 Å². The van der Waals surface area contributed by atoms with Crippen LogP contribution in [0.25, 0.3) is 11.3 Å². The highest BCUT2D eigenvalue weighted by molar-refractivity contribution is 6.99. The van der Waals surface area contributed by atoms with Gasteiger partial charge in [-0.05, 0) is 18.2 Å². The van der Waals surface area contributed by atoms with Crippen LogP contribution in [0.2, 0.25) is 0 Å². The number of aromatic amines is 1. The molecular formula is C10H10N2O3S. The van der Waals surface area contributed by atoms with Crippen LogP contribution in [0.4, 0.5) is 0 Å². The smallest absolute Gasteiger partial charge is 0.286 e. The first-order chi connectivity index (χ1) is 7.76. The van der Waals surface area contributed by atoms with Crippen LogP contribution in [-0.2, 0) is 0 Å². The lowest BCUT2D eigenvalue weighted by atomic mass is 10.1. The number of aromatic nitrogens is 2. The van der Waals surface area contributed by atoms with Gasteiger partial charge in [-0.1, -0.05) is 0 Å². The average molecular weight is 238 g/mol. The molecule has 6 heteroatoms. The average Bonchev–Trinajstić information content (AvgIpc) is 2.74. The van der Waals surface area contributed by atoms with Gasteiger partial charge in [-0.2, -0.15) is 4.37 Å². The molecule has 5 nitrogen and oxygen atoms in total. The molecular weight excluding hydrogens is 228 g/mol. The molecule has 0 aliphatic carbocycles. The molecule has 0 spiro atoms. The molecule has 84 valence electrons. The summed E-state index contributed by atoms with van der Waals surface area (Å²) in [6.07, 6.45) is 0. The fraction of sp³-hybridized carbons (Fsp3) is 0.200. The number of benzene rings is 1. The maximum absolute atomic E-state index is 11.5. The minimum atomic E-state index is -0.225. The highest BCUT2D eigenvalue weighted by Gasteiger charge is 2.13. The largest absolute Gasteiger partial charge is 0.497 e. The van der Waals surface area contributed by atoms with Gasteiger partial charge in [0.1, 0.15) is 11.5 Å². The van der Waals surface area contributed by atoms with Crippen molar-refractivity contribution in [3.8, 4) is 22.8 Å². The Bertz CT molecular complexity index is 547. The van der Waals surface area contributed by atoms with Gasteiger partial charge in [0.2, 0.25) is 0 Å². The first-order valence-electron chi connectivity index (χ1n) is 4.53. The molecule has 0 amide bonds. The second-order valence-corrected chi connectivity index (χ2v) is 3.60. The summed E-state index contributed by atoms with van der Waals surface area (Å²) >= 11 is 1.01.